The number of hydrogen-bond donors (Lipinski definition) is 1. The number of halogens is 3. The summed E-state index contributed by atoms with van der Waals surface area (Å²) in [4.78, 5) is 28.1. The van der Waals surface area contributed by atoms with Crippen molar-refractivity contribution in [2.24, 2.45) is 11.3 Å². The second-order valence-electron chi connectivity index (χ2n) is 8.28. The Morgan fingerprint density at radius 2 is 1.89 bits per heavy atom. The predicted molar refractivity (Wildman–Crippen MR) is 94.4 cm³/mol. The molecule has 1 aromatic rings. The number of aromatic nitrogens is 1. The summed E-state index contributed by atoms with van der Waals surface area (Å²) in [6, 6.07) is 1.28. The Morgan fingerprint density at radius 1 is 1.25 bits per heavy atom. The monoisotopic (exact) mass is 399 g/mol. The number of hydrogen-bond acceptors (Lipinski definition) is 4. The van der Waals surface area contributed by atoms with Crippen LogP contribution in [0.1, 0.15) is 74.3 Å². The lowest BCUT2D eigenvalue weighted by Crippen LogP contribution is -2.31. The molecule has 2 atom stereocenters. The van der Waals surface area contributed by atoms with Gasteiger partial charge in [0.25, 0.3) is 0 Å². The highest BCUT2D eigenvalue weighted by Crippen LogP contribution is 2.50. The molecule has 5 nitrogen and oxygen atoms in total. The number of aliphatic carboxylic acids is 1. The second kappa shape index (κ2) is 7.37. The van der Waals surface area contributed by atoms with Crippen LogP contribution >= 0.6 is 0 Å². The van der Waals surface area contributed by atoms with E-state index in [0.29, 0.717) is 5.56 Å². The van der Waals surface area contributed by atoms with Crippen LogP contribution in [0.5, 0.6) is 5.75 Å². The molecular weight excluding hydrogens is 375 g/mol. The van der Waals surface area contributed by atoms with Crippen LogP contribution in [0, 0.1) is 11.3 Å². The Morgan fingerprint density at radius 3 is 2.39 bits per heavy atom. The van der Waals surface area contributed by atoms with E-state index in [1.54, 1.807) is 6.92 Å². The van der Waals surface area contributed by atoms with Crippen molar-refractivity contribution < 1.29 is 32.6 Å². The van der Waals surface area contributed by atoms with Gasteiger partial charge in [0.2, 0.25) is 0 Å². The zero-order chi connectivity index (χ0) is 20.7. The molecule has 0 spiro atoms. The molecule has 154 valence electrons. The van der Waals surface area contributed by atoms with Crippen molar-refractivity contribution in [2.75, 3.05) is 0 Å². The van der Waals surface area contributed by atoms with Crippen LogP contribution in [0.3, 0.4) is 0 Å². The van der Waals surface area contributed by atoms with Gasteiger partial charge in [-0.3, -0.25) is 14.6 Å². The first kappa shape index (κ1) is 20.6. The van der Waals surface area contributed by atoms with E-state index in [0.717, 1.165) is 32.6 Å². The van der Waals surface area contributed by atoms with Gasteiger partial charge in [0.05, 0.1) is 6.42 Å². The van der Waals surface area contributed by atoms with Gasteiger partial charge in [-0.15, -0.1) is 0 Å². The van der Waals surface area contributed by atoms with Crippen LogP contribution in [0.25, 0.3) is 0 Å². The molecule has 1 N–H and O–H groups in total. The number of Topliss-reactive ketones (excluding diaryl/α,β-unsaturated/α-hetero) is 1. The molecule has 2 aliphatic carbocycles. The van der Waals surface area contributed by atoms with Gasteiger partial charge >= 0.3 is 12.1 Å². The lowest BCUT2D eigenvalue weighted by atomic mass is 9.76. The number of ether oxygens (including phenoxy) is 1. The Balaban J connectivity index is 1.82. The number of pyridine rings is 1. The van der Waals surface area contributed by atoms with Crippen molar-refractivity contribution in [3.05, 3.63) is 23.5 Å². The summed E-state index contributed by atoms with van der Waals surface area (Å²) in [6.45, 7) is 2.70. The first-order valence-electron chi connectivity index (χ1n) is 9.48. The van der Waals surface area contributed by atoms with Crippen LogP contribution in [0.4, 0.5) is 13.2 Å². The van der Waals surface area contributed by atoms with Gasteiger partial charge in [0, 0.05) is 24.2 Å². The highest BCUT2D eigenvalue weighted by molar-refractivity contribution is 5.95. The van der Waals surface area contributed by atoms with Gasteiger partial charge in [-0.05, 0) is 49.9 Å². The Labute approximate surface area is 161 Å². The van der Waals surface area contributed by atoms with Gasteiger partial charge < -0.3 is 9.84 Å². The first-order chi connectivity index (χ1) is 13.0. The molecule has 0 radical (unpaired) electrons. The molecule has 8 heteroatoms. The first-order valence-corrected chi connectivity index (χ1v) is 9.48. The maximum atomic E-state index is 12.9. The number of rotatable bonds is 9. The Kier molecular flexibility index (Phi) is 5.42. The summed E-state index contributed by atoms with van der Waals surface area (Å²) in [5.74, 6) is -1.03. The number of ketones is 1. The molecule has 0 amide bonds. The number of nitrogens with zero attached hydrogens (tertiary/aromatic N) is 1. The average Bonchev–Trinajstić information content (AvgIpc) is 3.46. The SMILES string of the molecule is C[C@H](Oc1cc(C(=O)CC(C)(CC(=O)O)C2CC2)ncc1C1CC1)C(F)(F)F. The molecule has 2 aliphatic rings. The highest BCUT2D eigenvalue weighted by atomic mass is 19.4. The summed E-state index contributed by atoms with van der Waals surface area (Å²) in [5.41, 5.74) is -0.0748. The minimum Gasteiger partial charge on any atom is -0.481 e. The number of carbonyl (C=O) groups excluding carboxylic acids is 1. The van der Waals surface area contributed by atoms with Crippen molar-refractivity contribution in [3.63, 3.8) is 0 Å². The van der Waals surface area contributed by atoms with Crippen LogP contribution in [-0.2, 0) is 4.79 Å². The lowest BCUT2D eigenvalue weighted by molar-refractivity contribution is -0.189. The van der Waals surface area contributed by atoms with E-state index < -0.39 is 23.7 Å². The molecule has 0 bridgehead atoms. The van der Waals surface area contributed by atoms with E-state index >= 15 is 0 Å². The largest absolute Gasteiger partial charge is 0.481 e. The summed E-state index contributed by atoms with van der Waals surface area (Å²) >= 11 is 0. The second-order valence-corrected chi connectivity index (χ2v) is 8.28. The van der Waals surface area contributed by atoms with Gasteiger partial charge in [-0.2, -0.15) is 13.2 Å². The molecule has 0 saturated heterocycles. The fourth-order valence-electron chi connectivity index (χ4n) is 3.59. The molecule has 0 aromatic carbocycles. The smallest absolute Gasteiger partial charge is 0.425 e. The summed E-state index contributed by atoms with van der Waals surface area (Å²) in [5, 5.41) is 9.18. The van der Waals surface area contributed by atoms with E-state index in [2.05, 4.69) is 4.98 Å². The average molecular weight is 399 g/mol. The maximum absolute atomic E-state index is 12.9. The molecular formula is C20H24F3NO4. The van der Waals surface area contributed by atoms with Crippen molar-refractivity contribution >= 4 is 11.8 Å². The fourth-order valence-corrected chi connectivity index (χ4v) is 3.59. The van der Waals surface area contributed by atoms with E-state index in [-0.39, 0.29) is 41.9 Å². The standard InChI is InChI=1S/C20H24F3NO4/c1-11(20(21,22)23)28-17-7-15(24-10-14(17)12-3-4-12)16(25)8-19(2,9-18(26)27)13-5-6-13/h7,10-13H,3-6,8-9H2,1-2H3,(H,26,27)/t11-,19?/m0/s1. The summed E-state index contributed by atoms with van der Waals surface area (Å²) in [7, 11) is 0. The van der Waals surface area contributed by atoms with Crippen LogP contribution in [0.15, 0.2) is 12.3 Å². The third-order valence-corrected chi connectivity index (χ3v) is 5.65. The molecule has 1 heterocycles. The third-order valence-electron chi connectivity index (χ3n) is 5.65. The summed E-state index contributed by atoms with van der Waals surface area (Å²) in [6.07, 6.45) is -1.76. The number of carbonyl (C=O) groups is 2. The molecule has 3 rings (SSSR count). The third kappa shape index (κ3) is 4.83. The fraction of sp³-hybridized carbons (Fsp3) is 0.650. The van der Waals surface area contributed by atoms with Gasteiger partial charge in [0.1, 0.15) is 11.4 Å². The molecule has 1 aromatic heterocycles. The molecule has 28 heavy (non-hydrogen) atoms. The van der Waals surface area contributed by atoms with Crippen LogP contribution in [-0.4, -0.2) is 34.1 Å². The van der Waals surface area contributed by atoms with Crippen LogP contribution < -0.4 is 4.74 Å². The van der Waals surface area contributed by atoms with Crippen LogP contribution in [0.2, 0.25) is 0 Å². The number of carboxylic acid groups (broad SMARTS) is 1. The van der Waals surface area contributed by atoms with E-state index in [9.17, 15) is 27.9 Å². The zero-order valence-corrected chi connectivity index (χ0v) is 15.9. The Hall–Kier alpha value is -2.12. The van der Waals surface area contributed by atoms with Crippen molar-refractivity contribution in [3.8, 4) is 5.75 Å². The van der Waals surface area contributed by atoms with E-state index in [1.807, 2.05) is 0 Å². The number of carboxylic acids is 1. The summed E-state index contributed by atoms with van der Waals surface area (Å²) < 4.78 is 43.9. The Bertz CT molecular complexity index is 771. The quantitative estimate of drug-likeness (QED) is 0.606. The van der Waals surface area contributed by atoms with Gasteiger partial charge in [0.15, 0.2) is 11.9 Å². The molecule has 1 unspecified atom stereocenters. The van der Waals surface area contributed by atoms with Crippen molar-refractivity contribution in [1.29, 1.82) is 0 Å². The minimum absolute atomic E-state index is 0.00595. The molecule has 2 fully saturated rings. The van der Waals surface area contributed by atoms with E-state index in [4.69, 9.17) is 4.74 Å². The molecule has 2 saturated carbocycles. The highest BCUT2D eigenvalue weighted by Gasteiger charge is 2.44. The maximum Gasteiger partial charge on any atom is 0.425 e. The predicted octanol–water partition coefficient (Wildman–Crippen LogP) is 4.75. The zero-order valence-electron chi connectivity index (χ0n) is 15.9. The lowest BCUT2D eigenvalue weighted by Gasteiger charge is -2.27. The van der Waals surface area contributed by atoms with E-state index in [1.165, 1.54) is 12.3 Å². The normalized spacial score (nSPS) is 20.3. The van der Waals surface area contributed by atoms with Gasteiger partial charge in [-0.25, -0.2) is 0 Å². The topological polar surface area (TPSA) is 76.5 Å². The van der Waals surface area contributed by atoms with Crippen molar-refractivity contribution in [1.82, 2.24) is 4.98 Å². The molecule has 0 aliphatic heterocycles. The van der Waals surface area contributed by atoms with Gasteiger partial charge in [-0.1, -0.05) is 6.92 Å². The number of alkyl halides is 3. The minimum atomic E-state index is -4.51. The van der Waals surface area contributed by atoms with Crippen molar-refractivity contribution in [2.45, 2.75) is 70.6 Å².